The first-order valence-corrected chi connectivity index (χ1v) is 4.31. The summed E-state index contributed by atoms with van der Waals surface area (Å²) in [5, 5.41) is 0. The molecule has 0 aromatic carbocycles. The molecule has 72 valence electrons. The van der Waals surface area contributed by atoms with Crippen LogP contribution in [0.4, 0.5) is 0 Å². The quantitative estimate of drug-likeness (QED) is 0.477. The summed E-state index contributed by atoms with van der Waals surface area (Å²) in [6.45, 7) is 7.83. The number of ether oxygens (including phenoxy) is 2. The van der Waals surface area contributed by atoms with Gasteiger partial charge in [-0.2, -0.15) is 0 Å². The van der Waals surface area contributed by atoms with E-state index >= 15 is 0 Å². The second-order valence-corrected chi connectivity index (χ2v) is 2.87. The minimum Gasteiger partial charge on any atom is -0.343 e. The molecule has 0 spiro atoms. The number of rotatable bonds is 5. The maximum atomic E-state index is 11.4. The van der Waals surface area contributed by atoms with Crippen LogP contribution in [-0.2, 0) is 14.3 Å². The molecule has 1 rings (SSSR count). The van der Waals surface area contributed by atoms with Crippen molar-refractivity contribution < 1.29 is 14.3 Å². The predicted molar refractivity (Wildman–Crippen MR) is 49.3 cm³/mol. The molecule has 1 heterocycles. The Kier molecular flexibility index (Phi) is 3.39. The third kappa shape index (κ3) is 2.05. The smallest absolute Gasteiger partial charge is 0.233 e. The highest BCUT2D eigenvalue weighted by molar-refractivity contribution is 5.95. The van der Waals surface area contributed by atoms with Gasteiger partial charge in [0.25, 0.3) is 0 Å². The highest BCUT2D eigenvalue weighted by atomic mass is 16.7. The Bertz CT molecular complexity index is 214. The van der Waals surface area contributed by atoms with Gasteiger partial charge in [0.2, 0.25) is 11.6 Å². The molecule has 1 aliphatic heterocycles. The van der Waals surface area contributed by atoms with Crippen LogP contribution >= 0.6 is 0 Å². The second-order valence-electron chi connectivity index (χ2n) is 2.87. The Balaban J connectivity index is 2.67. The van der Waals surface area contributed by atoms with Gasteiger partial charge in [0.15, 0.2) is 0 Å². The number of hydrogen-bond acceptors (Lipinski definition) is 3. The van der Waals surface area contributed by atoms with Crippen molar-refractivity contribution in [1.29, 1.82) is 0 Å². The fourth-order valence-corrected chi connectivity index (χ4v) is 1.34. The largest absolute Gasteiger partial charge is 0.343 e. The number of hydrogen-bond donors (Lipinski definition) is 0. The van der Waals surface area contributed by atoms with E-state index in [0.717, 1.165) is 6.42 Å². The summed E-state index contributed by atoms with van der Waals surface area (Å²) in [6, 6.07) is 0. The molecule has 0 saturated carbocycles. The lowest BCUT2D eigenvalue weighted by Gasteiger charge is -2.24. The van der Waals surface area contributed by atoms with Crippen molar-refractivity contribution in [2.75, 3.05) is 13.2 Å². The average molecular weight is 182 g/mol. The monoisotopic (exact) mass is 182 g/mol. The summed E-state index contributed by atoms with van der Waals surface area (Å²) in [4.78, 5) is 11.4. The van der Waals surface area contributed by atoms with Gasteiger partial charge in [-0.3, -0.25) is 4.79 Å². The van der Waals surface area contributed by atoms with E-state index in [1.807, 2.05) is 0 Å². The molecule has 3 heteroatoms. The van der Waals surface area contributed by atoms with Crippen LogP contribution in [0.1, 0.15) is 12.8 Å². The van der Waals surface area contributed by atoms with E-state index in [4.69, 9.17) is 9.47 Å². The van der Waals surface area contributed by atoms with Crippen LogP contribution in [0.3, 0.4) is 0 Å². The van der Waals surface area contributed by atoms with Crippen molar-refractivity contribution in [1.82, 2.24) is 0 Å². The van der Waals surface area contributed by atoms with Gasteiger partial charge in [0.1, 0.15) is 0 Å². The highest BCUT2D eigenvalue weighted by Gasteiger charge is 2.41. The van der Waals surface area contributed by atoms with Crippen LogP contribution in [0.2, 0.25) is 0 Å². The Labute approximate surface area is 78.0 Å². The number of carbonyl (C=O) groups is 1. The van der Waals surface area contributed by atoms with E-state index in [1.165, 1.54) is 6.08 Å². The first kappa shape index (κ1) is 10.2. The number of ketones is 1. The second kappa shape index (κ2) is 4.35. The van der Waals surface area contributed by atoms with Gasteiger partial charge < -0.3 is 9.47 Å². The molecule has 0 N–H and O–H groups in total. The van der Waals surface area contributed by atoms with Gasteiger partial charge in [-0.15, -0.1) is 6.58 Å². The van der Waals surface area contributed by atoms with Crippen LogP contribution in [0.5, 0.6) is 0 Å². The van der Waals surface area contributed by atoms with E-state index < -0.39 is 5.79 Å². The third-order valence-corrected chi connectivity index (χ3v) is 1.98. The molecule has 0 aliphatic carbocycles. The van der Waals surface area contributed by atoms with Gasteiger partial charge in [-0.05, 0) is 12.5 Å². The van der Waals surface area contributed by atoms with Crippen LogP contribution in [0.15, 0.2) is 25.3 Å². The van der Waals surface area contributed by atoms with Crippen LogP contribution in [0.25, 0.3) is 0 Å². The molecule has 3 nitrogen and oxygen atoms in total. The van der Waals surface area contributed by atoms with Gasteiger partial charge in [-0.1, -0.05) is 12.7 Å². The average Bonchev–Trinajstić information content (AvgIpc) is 2.63. The van der Waals surface area contributed by atoms with Gasteiger partial charge in [0, 0.05) is 6.42 Å². The molecule has 0 aromatic heterocycles. The van der Waals surface area contributed by atoms with Crippen LogP contribution in [-0.4, -0.2) is 24.8 Å². The Morgan fingerprint density at radius 1 is 1.62 bits per heavy atom. The topological polar surface area (TPSA) is 35.5 Å². The molecule has 1 atom stereocenters. The summed E-state index contributed by atoms with van der Waals surface area (Å²) in [7, 11) is 0. The van der Waals surface area contributed by atoms with E-state index in [0.29, 0.717) is 19.6 Å². The molecule has 0 aromatic rings. The fourth-order valence-electron chi connectivity index (χ4n) is 1.34. The predicted octanol–water partition coefficient (Wildman–Crippen LogP) is 1.45. The molecule has 13 heavy (non-hydrogen) atoms. The summed E-state index contributed by atoms with van der Waals surface area (Å²) in [5.41, 5.74) is 0. The van der Waals surface area contributed by atoms with Crippen molar-refractivity contribution in [2.45, 2.75) is 18.6 Å². The summed E-state index contributed by atoms with van der Waals surface area (Å²) < 4.78 is 10.6. The zero-order valence-electron chi connectivity index (χ0n) is 7.62. The lowest BCUT2D eigenvalue weighted by atomic mass is 10.1. The summed E-state index contributed by atoms with van der Waals surface area (Å²) in [6.07, 6.45) is 4.29. The standard InChI is InChI=1S/C10H14O3/c1-3-7-12-10(9(11)4-2)6-5-8-13-10/h3-4H,1-2,5-8H2/t10-/m1/s1. The highest BCUT2D eigenvalue weighted by Crippen LogP contribution is 2.28. The number of carbonyl (C=O) groups excluding carboxylic acids is 1. The molecule has 0 unspecified atom stereocenters. The van der Waals surface area contributed by atoms with Gasteiger partial charge in [-0.25, -0.2) is 0 Å². The van der Waals surface area contributed by atoms with E-state index in [2.05, 4.69) is 13.2 Å². The van der Waals surface area contributed by atoms with Crippen molar-refractivity contribution in [3.8, 4) is 0 Å². The van der Waals surface area contributed by atoms with Crippen molar-refractivity contribution in [3.05, 3.63) is 25.3 Å². The molecule has 0 radical (unpaired) electrons. The zero-order chi connectivity index (χ0) is 9.73. The first-order valence-electron chi connectivity index (χ1n) is 4.31. The molecule has 1 saturated heterocycles. The molecular weight excluding hydrogens is 168 g/mol. The van der Waals surface area contributed by atoms with E-state index in [9.17, 15) is 4.79 Å². The van der Waals surface area contributed by atoms with Gasteiger partial charge >= 0.3 is 0 Å². The normalized spacial score (nSPS) is 27.1. The maximum Gasteiger partial charge on any atom is 0.233 e. The van der Waals surface area contributed by atoms with Crippen molar-refractivity contribution in [2.24, 2.45) is 0 Å². The molecule has 1 fully saturated rings. The Morgan fingerprint density at radius 3 is 2.85 bits per heavy atom. The molecular formula is C10H14O3. The first-order chi connectivity index (χ1) is 6.25. The van der Waals surface area contributed by atoms with Crippen LogP contribution in [0, 0.1) is 0 Å². The lowest BCUT2D eigenvalue weighted by Crippen LogP contribution is -2.39. The van der Waals surface area contributed by atoms with E-state index in [1.54, 1.807) is 6.08 Å². The lowest BCUT2D eigenvalue weighted by molar-refractivity contribution is -0.200. The molecule has 0 bridgehead atoms. The van der Waals surface area contributed by atoms with Crippen molar-refractivity contribution >= 4 is 5.78 Å². The maximum absolute atomic E-state index is 11.4. The summed E-state index contributed by atoms with van der Waals surface area (Å²) in [5.74, 6) is -1.28. The summed E-state index contributed by atoms with van der Waals surface area (Å²) >= 11 is 0. The third-order valence-electron chi connectivity index (χ3n) is 1.98. The fraction of sp³-hybridized carbons (Fsp3) is 0.500. The minimum atomic E-state index is -1.07. The Morgan fingerprint density at radius 2 is 2.38 bits per heavy atom. The molecule has 0 amide bonds. The van der Waals surface area contributed by atoms with E-state index in [-0.39, 0.29) is 5.78 Å². The molecule has 1 aliphatic rings. The van der Waals surface area contributed by atoms with Crippen molar-refractivity contribution in [3.63, 3.8) is 0 Å². The zero-order valence-corrected chi connectivity index (χ0v) is 7.62. The van der Waals surface area contributed by atoms with Crippen LogP contribution < -0.4 is 0 Å². The SMILES string of the molecule is C=CCO[C@]1(C(=O)C=C)CCCO1. The minimum absolute atomic E-state index is 0.202. The van der Waals surface area contributed by atoms with Gasteiger partial charge in [0.05, 0.1) is 13.2 Å². The Hall–Kier alpha value is -0.930.